The number of benzene rings is 1. The van der Waals surface area contributed by atoms with Gasteiger partial charge < -0.3 is 15.8 Å². The van der Waals surface area contributed by atoms with Crippen molar-refractivity contribution < 1.29 is 9.53 Å². The largest absolute Gasteiger partial charge is 0.479 e. The fourth-order valence-electron chi connectivity index (χ4n) is 1.88. The molecule has 4 nitrogen and oxygen atoms in total. The molecule has 1 heterocycles. The molecule has 86 valence electrons. The number of anilines is 2. The first-order chi connectivity index (χ1) is 7.56. The highest BCUT2D eigenvalue weighted by Crippen LogP contribution is 2.35. The molecule has 0 aromatic heterocycles. The number of carbonyl (C=O) groups is 1. The lowest BCUT2D eigenvalue weighted by Crippen LogP contribution is -2.26. The number of fused-ring (bicyclic) bond motifs is 1. The Morgan fingerprint density at radius 2 is 2.25 bits per heavy atom. The molecular weight excluding hydrogens is 204 g/mol. The van der Waals surface area contributed by atoms with Gasteiger partial charge >= 0.3 is 0 Å². The van der Waals surface area contributed by atoms with E-state index in [0.717, 1.165) is 12.0 Å². The van der Waals surface area contributed by atoms with E-state index in [4.69, 9.17) is 10.5 Å². The maximum atomic E-state index is 11.2. The molecule has 0 atom stereocenters. The van der Waals surface area contributed by atoms with Crippen LogP contribution in [0.1, 0.15) is 19.4 Å². The van der Waals surface area contributed by atoms with E-state index in [9.17, 15) is 4.79 Å². The van der Waals surface area contributed by atoms with Gasteiger partial charge in [0.05, 0.1) is 11.4 Å². The highest BCUT2D eigenvalue weighted by molar-refractivity contribution is 5.97. The summed E-state index contributed by atoms with van der Waals surface area (Å²) >= 11 is 0. The number of hydrogen-bond donors (Lipinski definition) is 2. The van der Waals surface area contributed by atoms with E-state index >= 15 is 0 Å². The van der Waals surface area contributed by atoms with Gasteiger partial charge in [-0.25, -0.2) is 0 Å². The molecule has 16 heavy (non-hydrogen) atoms. The Kier molecular flexibility index (Phi) is 2.73. The second kappa shape index (κ2) is 4.04. The van der Waals surface area contributed by atoms with E-state index in [2.05, 4.69) is 19.2 Å². The molecule has 1 aliphatic heterocycles. The summed E-state index contributed by atoms with van der Waals surface area (Å²) in [6.45, 7) is 4.33. The van der Waals surface area contributed by atoms with Crippen LogP contribution in [-0.4, -0.2) is 12.5 Å². The van der Waals surface area contributed by atoms with Crippen molar-refractivity contribution in [3.8, 4) is 5.75 Å². The normalized spacial score (nSPS) is 14.3. The van der Waals surface area contributed by atoms with Gasteiger partial charge in [0, 0.05) is 0 Å². The van der Waals surface area contributed by atoms with E-state index in [-0.39, 0.29) is 12.5 Å². The first kappa shape index (κ1) is 10.8. The molecule has 1 amide bonds. The van der Waals surface area contributed by atoms with Crippen LogP contribution in [0.5, 0.6) is 5.75 Å². The molecule has 0 radical (unpaired) electrons. The Labute approximate surface area is 94.8 Å². The standard InChI is InChI=1S/C12H16N2O2/c1-7(2)3-8-4-9(13)12-10(5-8)14-11(15)6-16-12/h4-5,7H,3,6,13H2,1-2H3,(H,14,15). The quantitative estimate of drug-likeness (QED) is 0.747. The second-order valence-corrected chi connectivity index (χ2v) is 4.50. The van der Waals surface area contributed by atoms with Gasteiger partial charge in [0.2, 0.25) is 0 Å². The number of amides is 1. The fraction of sp³-hybridized carbons (Fsp3) is 0.417. The molecule has 0 saturated heterocycles. The summed E-state index contributed by atoms with van der Waals surface area (Å²) in [5.41, 5.74) is 8.29. The third kappa shape index (κ3) is 2.10. The van der Waals surface area contributed by atoms with Gasteiger partial charge in [0.1, 0.15) is 0 Å². The maximum Gasteiger partial charge on any atom is 0.262 e. The first-order valence-corrected chi connectivity index (χ1v) is 5.41. The molecule has 2 rings (SSSR count). The zero-order valence-corrected chi connectivity index (χ0v) is 9.54. The van der Waals surface area contributed by atoms with Crippen molar-refractivity contribution in [3.63, 3.8) is 0 Å². The van der Waals surface area contributed by atoms with Crippen molar-refractivity contribution in [3.05, 3.63) is 17.7 Å². The van der Waals surface area contributed by atoms with Gasteiger partial charge in [-0.3, -0.25) is 4.79 Å². The van der Waals surface area contributed by atoms with Crippen LogP contribution >= 0.6 is 0 Å². The van der Waals surface area contributed by atoms with Crippen molar-refractivity contribution in [2.45, 2.75) is 20.3 Å². The van der Waals surface area contributed by atoms with Gasteiger partial charge in [0.25, 0.3) is 5.91 Å². The van der Waals surface area contributed by atoms with Gasteiger partial charge in [-0.15, -0.1) is 0 Å². The minimum Gasteiger partial charge on any atom is -0.479 e. The average molecular weight is 220 g/mol. The second-order valence-electron chi connectivity index (χ2n) is 4.50. The van der Waals surface area contributed by atoms with Crippen molar-refractivity contribution >= 4 is 17.3 Å². The lowest BCUT2D eigenvalue weighted by atomic mass is 10.0. The third-order valence-electron chi connectivity index (χ3n) is 2.44. The Morgan fingerprint density at radius 3 is 2.94 bits per heavy atom. The van der Waals surface area contributed by atoms with Crippen LogP contribution in [0.3, 0.4) is 0 Å². The number of carbonyl (C=O) groups excluding carboxylic acids is 1. The summed E-state index contributed by atoms with van der Waals surface area (Å²) in [4.78, 5) is 11.2. The van der Waals surface area contributed by atoms with Crippen molar-refractivity contribution in [2.24, 2.45) is 5.92 Å². The van der Waals surface area contributed by atoms with Crippen molar-refractivity contribution in [1.29, 1.82) is 0 Å². The van der Waals surface area contributed by atoms with Gasteiger partial charge in [-0.1, -0.05) is 13.8 Å². The molecule has 0 fully saturated rings. The van der Waals surface area contributed by atoms with Gasteiger partial charge in [0.15, 0.2) is 12.4 Å². The zero-order valence-electron chi connectivity index (χ0n) is 9.54. The van der Waals surface area contributed by atoms with Crippen molar-refractivity contribution in [2.75, 3.05) is 17.7 Å². The van der Waals surface area contributed by atoms with E-state index in [1.807, 2.05) is 12.1 Å². The topological polar surface area (TPSA) is 64.3 Å². The molecule has 1 aromatic carbocycles. The van der Waals surface area contributed by atoms with Crippen LogP contribution in [0.4, 0.5) is 11.4 Å². The maximum absolute atomic E-state index is 11.2. The van der Waals surface area contributed by atoms with E-state index in [1.165, 1.54) is 0 Å². The minimum atomic E-state index is -0.131. The van der Waals surface area contributed by atoms with Gasteiger partial charge in [-0.2, -0.15) is 0 Å². The van der Waals surface area contributed by atoms with E-state index < -0.39 is 0 Å². The predicted molar refractivity (Wildman–Crippen MR) is 63.5 cm³/mol. The Morgan fingerprint density at radius 1 is 1.50 bits per heavy atom. The number of nitrogens with two attached hydrogens (primary N) is 1. The van der Waals surface area contributed by atoms with Crippen LogP contribution in [-0.2, 0) is 11.2 Å². The summed E-state index contributed by atoms with van der Waals surface area (Å²) in [5, 5.41) is 2.77. The van der Waals surface area contributed by atoms with E-state index in [0.29, 0.717) is 23.0 Å². The molecular formula is C12H16N2O2. The SMILES string of the molecule is CC(C)Cc1cc(N)c2c(c1)NC(=O)CO2. The molecule has 1 aliphatic rings. The number of rotatable bonds is 2. The molecule has 3 N–H and O–H groups in total. The van der Waals surface area contributed by atoms with Crippen LogP contribution in [0, 0.1) is 5.92 Å². The average Bonchev–Trinajstić information content (AvgIpc) is 2.15. The van der Waals surface area contributed by atoms with Crippen LogP contribution in [0.15, 0.2) is 12.1 Å². The summed E-state index contributed by atoms with van der Waals surface area (Å²) in [7, 11) is 0. The summed E-state index contributed by atoms with van der Waals surface area (Å²) in [6, 6.07) is 3.85. The Hall–Kier alpha value is -1.71. The third-order valence-corrected chi connectivity index (χ3v) is 2.44. The summed E-state index contributed by atoms with van der Waals surface area (Å²) in [5.74, 6) is 1.01. The van der Waals surface area contributed by atoms with E-state index in [1.54, 1.807) is 0 Å². The fourth-order valence-corrected chi connectivity index (χ4v) is 1.88. The highest BCUT2D eigenvalue weighted by Gasteiger charge is 2.19. The lowest BCUT2D eigenvalue weighted by Gasteiger charge is -2.20. The highest BCUT2D eigenvalue weighted by atomic mass is 16.5. The molecule has 0 spiro atoms. The zero-order chi connectivity index (χ0) is 11.7. The summed E-state index contributed by atoms with van der Waals surface area (Å²) in [6.07, 6.45) is 0.938. The number of nitrogen functional groups attached to an aromatic ring is 1. The Bertz CT molecular complexity index is 427. The predicted octanol–water partition coefficient (Wildman–Crippen LogP) is 1.80. The number of ether oxygens (including phenoxy) is 1. The van der Waals surface area contributed by atoms with Gasteiger partial charge in [-0.05, 0) is 30.0 Å². The molecule has 1 aromatic rings. The molecule has 0 bridgehead atoms. The molecule has 4 heteroatoms. The molecule has 0 saturated carbocycles. The molecule has 0 unspecified atom stereocenters. The lowest BCUT2D eigenvalue weighted by molar-refractivity contribution is -0.118. The molecule has 0 aliphatic carbocycles. The smallest absolute Gasteiger partial charge is 0.262 e. The van der Waals surface area contributed by atoms with Crippen LogP contribution < -0.4 is 15.8 Å². The van der Waals surface area contributed by atoms with Crippen LogP contribution in [0.25, 0.3) is 0 Å². The first-order valence-electron chi connectivity index (χ1n) is 5.41. The number of hydrogen-bond acceptors (Lipinski definition) is 3. The van der Waals surface area contributed by atoms with Crippen molar-refractivity contribution in [1.82, 2.24) is 0 Å². The number of nitrogens with one attached hydrogen (secondary N) is 1. The Balaban J connectivity index is 2.35. The van der Waals surface area contributed by atoms with Crippen LogP contribution in [0.2, 0.25) is 0 Å². The monoisotopic (exact) mass is 220 g/mol. The minimum absolute atomic E-state index is 0.0424. The summed E-state index contributed by atoms with van der Waals surface area (Å²) < 4.78 is 5.29.